The van der Waals surface area contributed by atoms with Crippen molar-refractivity contribution in [3.05, 3.63) is 59.9 Å². The van der Waals surface area contributed by atoms with Crippen molar-refractivity contribution in [1.29, 1.82) is 0 Å². The molecular weight excluding hydrogens is 463 g/mol. The molecule has 0 spiro atoms. The molecule has 11 heteroatoms. The van der Waals surface area contributed by atoms with Crippen molar-refractivity contribution in [3.8, 4) is 34.6 Å². The molecular formula is C24H24F3N5O3. The third-order valence-electron chi connectivity index (χ3n) is 5.26. The van der Waals surface area contributed by atoms with Crippen LogP contribution in [0.15, 0.2) is 53.1 Å². The third kappa shape index (κ3) is 6.17. The fourth-order valence-electron chi connectivity index (χ4n) is 3.44. The number of hydrogen-bond donors (Lipinski definition) is 0. The molecule has 0 fully saturated rings. The Bertz CT molecular complexity index is 1260. The van der Waals surface area contributed by atoms with Gasteiger partial charge in [0, 0.05) is 5.56 Å². The van der Waals surface area contributed by atoms with Crippen LogP contribution in [-0.4, -0.2) is 37.4 Å². The average molecular weight is 487 g/mol. The maximum atomic E-state index is 12.3. The maximum absolute atomic E-state index is 12.3. The van der Waals surface area contributed by atoms with E-state index in [4.69, 9.17) is 9.26 Å². The lowest BCUT2D eigenvalue weighted by Gasteiger charge is -2.16. The zero-order chi connectivity index (χ0) is 25.0. The number of nitrogens with zero attached hydrogens (tertiary/aromatic N) is 5. The van der Waals surface area contributed by atoms with Crippen molar-refractivity contribution < 1.29 is 27.2 Å². The largest absolute Gasteiger partial charge is 0.573 e. The van der Waals surface area contributed by atoms with Crippen LogP contribution in [-0.2, 0) is 6.54 Å². The Morgan fingerprint density at radius 1 is 0.971 bits per heavy atom. The average Bonchev–Trinajstić information content (AvgIpc) is 3.44. The van der Waals surface area contributed by atoms with Gasteiger partial charge >= 0.3 is 6.36 Å². The van der Waals surface area contributed by atoms with Crippen LogP contribution >= 0.6 is 0 Å². The molecule has 0 bridgehead atoms. The summed E-state index contributed by atoms with van der Waals surface area (Å²) < 4.78 is 53.9. The van der Waals surface area contributed by atoms with Crippen LogP contribution in [0.2, 0.25) is 0 Å². The number of benzene rings is 2. The molecule has 0 aliphatic rings. The van der Waals surface area contributed by atoms with Gasteiger partial charge in [-0.05, 0) is 61.7 Å². The van der Waals surface area contributed by atoms with Crippen LogP contribution in [0.1, 0.15) is 38.1 Å². The van der Waals surface area contributed by atoms with Gasteiger partial charge in [-0.2, -0.15) is 4.98 Å². The Hall–Kier alpha value is -3.89. The Kier molecular flexibility index (Phi) is 7.04. The van der Waals surface area contributed by atoms with Gasteiger partial charge in [0.05, 0.1) is 12.6 Å². The minimum Gasteiger partial charge on any atom is -0.490 e. The third-order valence-corrected chi connectivity index (χ3v) is 5.26. The molecule has 2 aromatic heterocycles. The van der Waals surface area contributed by atoms with Gasteiger partial charge in [0.2, 0.25) is 11.6 Å². The molecule has 184 valence electrons. The van der Waals surface area contributed by atoms with E-state index in [-0.39, 0.29) is 29.4 Å². The minimum atomic E-state index is -4.76. The second-order valence-electron chi connectivity index (χ2n) is 7.84. The summed E-state index contributed by atoms with van der Waals surface area (Å²) in [6.45, 7) is 6.48. The number of aryl methyl sites for hydroxylation is 1. The zero-order valence-electron chi connectivity index (χ0n) is 19.4. The minimum absolute atomic E-state index is 0.100. The van der Waals surface area contributed by atoms with E-state index in [0.29, 0.717) is 17.9 Å². The van der Waals surface area contributed by atoms with E-state index in [0.717, 1.165) is 24.2 Å². The van der Waals surface area contributed by atoms with E-state index in [2.05, 4.69) is 38.8 Å². The normalized spacial score (nSPS) is 11.7. The molecule has 0 amide bonds. The molecule has 4 rings (SSSR count). The van der Waals surface area contributed by atoms with Crippen LogP contribution in [0.4, 0.5) is 13.2 Å². The number of rotatable bonds is 9. The first-order valence-corrected chi connectivity index (χ1v) is 11.1. The van der Waals surface area contributed by atoms with Gasteiger partial charge < -0.3 is 14.0 Å². The summed E-state index contributed by atoms with van der Waals surface area (Å²) in [6.07, 6.45) is -2.72. The molecule has 0 unspecified atom stereocenters. The van der Waals surface area contributed by atoms with Crippen molar-refractivity contribution in [2.45, 2.75) is 52.6 Å². The summed E-state index contributed by atoms with van der Waals surface area (Å²) in [4.78, 5) is 8.70. The summed E-state index contributed by atoms with van der Waals surface area (Å²) in [5, 5.41) is 8.37. The van der Waals surface area contributed by atoms with E-state index in [1.165, 1.54) is 24.3 Å². The van der Waals surface area contributed by atoms with Crippen molar-refractivity contribution in [2.75, 3.05) is 0 Å². The van der Waals surface area contributed by atoms with E-state index < -0.39 is 6.36 Å². The van der Waals surface area contributed by atoms with Gasteiger partial charge in [-0.3, -0.25) is 0 Å². The van der Waals surface area contributed by atoms with E-state index in [1.54, 1.807) is 4.68 Å². The highest BCUT2D eigenvalue weighted by Crippen LogP contribution is 2.26. The van der Waals surface area contributed by atoms with Gasteiger partial charge in [-0.15, -0.1) is 18.3 Å². The van der Waals surface area contributed by atoms with Crippen LogP contribution < -0.4 is 9.47 Å². The molecule has 0 aliphatic carbocycles. The highest BCUT2D eigenvalue weighted by atomic mass is 19.4. The highest BCUT2D eigenvalue weighted by molar-refractivity contribution is 5.57. The molecule has 2 aromatic carbocycles. The van der Waals surface area contributed by atoms with E-state index in [1.807, 2.05) is 31.2 Å². The summed E-state index contributed by atoms with van der Waals surface area (Å²) in [6, 6.07) is 13.0. The van der Waals surface area contributed by atoms with Gasteiger partial charge in [0.1, 0.15) is 17.3 Å². The van der Waals surface area contributed by atoms with E-state index >= 15 is 0 Å². The molecule has 0 aliphatic heterocycles. The van der Waals surface area contributed by atoms with Crippen molar-refractivity contribution in [1.82, 2.24) is 24.9 Å². The monoisotopic (exact) mass is 487 g/mol. The van der Waals surface area contributed by atoms with Crippen molar-refractivity contribution >= 4 is 0 Å². The molecule has 8 nitrogen and oxygen atoms in total. The fourth-order valence-corrected chi connectivity index (χ4v) is 3.44. The maximum Gasteiger partial charge on any atom is 0.573 e. The number of alkyl halides is 3. The molecule has 35 heavy (non-hydrogen) atoms. The van der Waals surface area contributed by atoms with Crippen LogP contribution in [0.3, 0.4) is 0 Å². The van der Waals surface area contributed by atoms with E-state index in [9.17, 15) is 13.2 Å². The highest BCUT2D eigenvalue weighted by Gasteiger charge is 2.31. The Morgan fingerprint density at radius 3 is 2.40 bits per heavy atom. The predicted molar refractivity (Wildman–Crippen MR) is 121 cm³/mol. The SMILES string of the molecule is CCC(CC)Oc1cccc(Cn2nc(-c3nc(-c4ccc(OC(F)(F)F)cc4)no3)nc2C)c1. The first-order chi connectivity index (χ1) is 16.7. The fraction of sp³-hybridized carbons (Fsp3) is 0.333. The first-order valence-electron chi connectivity index (χ1n) is 11.1. The van der Waals surface area contributed by atoms with Gasteiger partial charge in [0.15, 0.2) is 0 Å². The van der Waals surface area contributed by atoms with Gasteiger partial charge in [-0.25, -0.2) is 9.67 Å². The zero-order valence-corrected chi connectivity index (χ0v) is 19.4. The van der Waals surface area contributed by atoms with Crippen molar-refractivity contribution in [2.24, 2.45) is 0 Å². The summed E-state index contributed by atoms with van der Waals surface area (Å²) in [5.74, 6) is 1.67. The smallest absolute Gasteiger partial charge is 0.490 e. The Labute approximate surface area is 199 Å². The molecule has 0 saturated carbocycles. The summed E-state index contributed by atoms with van der Waals surface area (Å²) in [7, 11) is 0. The number of hydrogen-bond acceptors (Lipinski definition) is 7. The molecule has 4 aromatic rings. The van der Waals surface area contributed by atoms with Gasteiger partial charge in [-0.1, -0.05) is 31.1 Å². The molecule has 0 radical (unpaired) electrons. The lowest BCUT2D eigenvalue weighted by molar-refractivity contribution is -0.274. The number of halogens is 3. The molecule has 0 atom stereocenters. The van der Waals surface area contributed by atoms with Gasteiger partial charge in [0.25, 0.3) is 5.89 Å². The lowest BCUT2D eigenvalue weighted by Crippen LogP contribution is -2.16. The number of ether oxygens (including phenoxy) is 2. The molecule has 0 N–H and O–H groups in total. The number of aromatic nitrogens is 5. The second kappa shape index (κ2) is 10.2. The summed E-state index contributed by atoms with van der Waals surface area (Å²) in [5.41, 5.74) is 1.46. The Morgan fingerprint density at radius 2 is 1.71 bits per heavy atom. The quantitative estimate of drug-likeness (QED) is 0.294. The van der Waals surface area contributed by atoms with Crippen LogP contribution in [0.5, 0.6) is 11.5 Å². The molecule has 0 saturated heterocycles. The molecule has 2 heterocycles. The van der Waals surface area contributed by atoms with Crippen LogP contribution in [0, 0.1) is 6.92 Å². The second-order valence-corrected chi connectivity index (χ2v) is 7.84. The summed E-state index contributed by atoms with van der Waals surface area (Å²) >= 11 is 0. The first kappa shape index (κ1) is 24.2. The lowest BCUT2D eigenvalue weighted by atomic mass is 10.2. The van der Waals surface area contributed by atoms with Crippen molar-refractivity contribution in [3.63, 3.8) is 0 Å². The Balaban J connectivity index is 1.48. The predicted octanol–water partition coefficient (Wildman–Crippen LogP) is 5.82. The van der Waals surface area contributed by atoms with Crippen LogP contribution in [0.25, 0.3) is 23.1 Å². The topological polar surface area (TPSA) is 88.1 Å². The standard InChI is InChI=1S/C24H24F3N5O3/c1-4-18(5-2)33-20-8-6-7-16(13-20)14-32-15(3)28-22(30-32)23-29-21(31-35-23)17-9-11-19(12-10-17)34-24(25,26)27/h6-13,18H,4-5,14H2,1-3H3.